The molecule has 2 aromatic carbocycles. The van der Waals surface area contributed by atoms with Gasteiger partial charge in [0.25, 0.3) is 5.91 Å². The lowest BCUT2D eigenvalue weighted by atomic mass is 10.0. The van der Waals surface area contributed by atoms with Gasteiger partial charge in [0.15, 0.2) is 5.76 Å². The third kappa shape index (κ3) is 5.06. The Morgan fingerprint density at radius 2 is 1.62 bits per heavy atom. The first-order valence-corrected chi connectivity index (χ1v) is 8.59. The Kier molecular flexibility index (Phi) is 6.34. The number of allylic oxidation sites excluding steroid dienone is 1. The summed E-state index contributed by atoms with van der Waals surface area (Å²) in [4.78, 5) is 26.4. The minimum Gasteiger partial charge on any atom is -0.487 e. The summed E-state index contributed by atoms with van der Waals surface area (Å²) < 4.78 is 5.76. The highest BCUT2D eigenvalue weighted by Gasteiger charge is 2.17. The summed E-state index contributed by atoms with van der Waals surface area (Å²) in [6.45, 7) is 5.77. The van der Waals surface area contributed by atoms with Gasteiger partial charge in [0.2, 0.25) is 5.78 Å². The summed E-state index contributed by atoms with van der Waals surface area (Å²) in [6.07, 6.45) is 1.64. The van der Waals surface area contributed by atoms with Gasteiger partial charge in [0, 0.05) is 25.2 Å². The second-order valence-corrected chi connectivity index (χ2v) is 6.70. The summed E-state index contributed by atoms with van der Waals surface area (Å²) >= 11 is 0. The first-order chi connectivity index (χ1) is 12.3. The molecule has 0 fully saturated rings. The van der Waals surface area contributed by atoms with E-state index in [1.807, 2.05) is 45.0 Å². The van der Waals surface area contributed by atoms with Crippen molar-refractivity contribution >= 4 is 17.8 Å². The van der Waals surface area contributed by atoms with Gasteiger partial charge in [0.1, 0.15) is 0 Å². The zero-order chi connectivity index (χ0) is 19.3. The van der Waals surface area contributed by atoms with Crippen molar-refractivity contribution < 1.29 is 14.3 Å². The maximum absolute atomic E-state index is 12.9. The number of carbonyl (C=O) groups excluding carboxylic acids is 2. The van der Waals surface area contributed by atoms with Crippen molar-refractivity contribution in [2.24, 2.45) is 0 Å². The van der Waals surface area contributed by atoms with Gasteiger partial charge in [-0.05, 0) is 44.5 Å². The van der Waals surface area contributed by atoms with Crippen LogP contribution in [0.2, 0.25) is 0 Å². The Labute approximate surface area is 155 Å². The number of hydrogen-bond donors (Lipinski definition) is 0. The molecular weight excluding hydrogens is 326 g/mol. The summed E-state index contributed by atoms with van der Waals surface area (Å²) in [5, 5.41) is 0. The predicted octanol–water partition coefficient (Wildman–Crippen LogP) is 4.35. The van der Waals surface area contributed by atoms with E-state index in [1.54, 1.807) is 44.4 Å². The average Bonchev–Trinajstić information content (AvgIpc) is 2.59. The van der Waals surface area contributed by atoms with E-state index in [0.717, 1.165) is 11.1 Å². The molecular formula is C22H25NO3. The molecule has 0 N–H and O–H groups in total. The molecule has 0 radical (unpaired) electrons. The molecule has 0 bridgehead atoms. The quantitative estimate of drug-likeness (QED) is 0.442. The lowest BCUT2D eigenvalue weighted by Gasteiger charge is -2.14. The Morgan fingerprint density at radius 1 is 1.00 bits per heavy atom. The third-order valence-corrected chi connectivity index (χ3v) is 3.73. The molecule has 2 aromatic rings. The van der Waals surface area contributed by atoms with Crippen LogP contribution < -0.4 is 0 Å². The van der Waals surface area contributed by atoms with Crippen LogP contribution in [-0.4, -0.2) is 36.8 Å². The van der Waals surface area contributed by atoms with Crippen LogP contribution in [0.4, 0.5) is 0 Å². The van der Waals surface area contributed by atoms with Gasteiger partial charge in [-0.3, -0.25) is 9.59 Å². The molecule has 0 saturated carbocycles. The number of ketones is 1. The van der Waals surface area contributed by atoms with Crippen molar-refractivity contribution in [3.8, 4) is 0 Å². The van der Waals surface area contributed by atoms with Crippen molar-refractivity contribution in [1.29, 1.82) is 0 Å². The van der Waals surface area contributed by atoms with Crippen LogP contribution in [0.5, 0.6) is 0 Å². The van der Waals surface area contributed by atoms with E-state index < -0.39 is 0 Å². The highest BCUT2D eigenvalue weighted by atomic mass is 16.5. The minimum atomic E-state index is -0.205. The molecule has 0 unspecified atom stereocenters. The molecule has 1 amide bonds. The van der Waals surface area contributed by atoms with Crippen LogP contribution >= 0.6 is 0 Å². The average molecular weight is 351 g/mol. The number of hydrogen-bond acceptors (Lipinski definition) is 3. The first-order valence-electron chi connectivity index (χ1n) is 8.59. The third-order valence-electron chi connectivity index (χ3n) is 3.73. The van der Waals surface area contributed by atoms with Gasteiger partial charge >= 0.3 is 0 Å². The van der Waals surface area contributed by atoms with Crippen molar-refractivity contribution in [3.05, 3.63) is 76.5 Å². The molecule has 0 aromatic heterocycles. The fourth-order valence-corrected chi connectivity index (χ4v) is 2.48. The second kappa shape index (κ2) is 8.48. The number of carbonyl (C=O) groups is 2. The molecule has 0 atom stereocenters. The Morgan fingerprint density at radius 3 is 2.15 bits per heavy atom. The van der Waals surface area contributed by atoms with E-state index in [1.165, 1.54) is 4.90 Å². The fourth-order valence-electron chi connectivity index (χ4n) is 2.48. The summed E-state index contributed by atoms with van der Waals surface area (Å²) in [5.41, 5.74) is 3.05. The van der Waals surface area contributed by atoms with Crippen LogP contribution in [0.3, 0.4) is 0 Å². The van der Waals surface area contributed by atoms with E-state index in [9.17, 15) is 9.59 Å². The van der Waals surface area contributed by atoms with Crippen LogP contribution in [0.15, 0.2) is 54.3 Å². The highest BCUT2D eigenvalue weighted by molar-refractivity contribution is 6.10. The van der Waals surface area contributed by atoms with Crippen molar-refractivity contribution in [2.75, 3.05) is 14.1 Å². The zero-order valence-electron chi connectivity index (χ0n) is 15.9. The molecule has 26 heavy (non-hydrogen) atoms. The predicted molar refractivity (Wildman–Crippen MR) is 104 cm³/mol. The highest BCUT2D eigenvalue weighted by Crippen LogP contribution is 2.18. The maximum Gasteiger partial charge on any atom is 0.253 e. The standard InChI is InChI=1S/C22H25NO3/c1-15(2)26-20(14-17-8-6-7-16(3)13-17)21(24)18-9-11-19(12-10-18)22(25)23(4)5/h6-15H,1-5H3. The van der Waals surface area contributed by atoms with E-state index in [0.29, 0.717) is 11.1 Å². The molecule has 4 heteroatoms. The summed E-state index contributed by atoms with van der Waals surface area (Å²) in [5.74, 6) is -0.0145. The molecule has 2 rings (SSSR count). The number of ether oxygens (including phenoxy) is 1. The van der Waals surface area contributed by atoms with Gasteiger partial charge < -0.3 is 9.64 Å². The van der Waals surface area contributed by atoms with Crippen LogP contribution in [0.1, 0.15) is 45.7 Å². The summed E-state index contributed by atoms with van der Waals surface area (Å²) in [7, 11) is 3.39. The molecule has 0 aliphatic rings. The largest absolute Gasteiger partial charge is 0.487 e. The minimum absolute atomic E-state index is 0.0991. The van der Waals surface area contributed by atoms with Gasteiger partial charge in [-0.15, -0.1) is 0 Å². The number of nitrogens with zero attached hydrogens (tertiary/aromatic N) is 1. The maximum atomic E-state index is 12.9. The normalized spacial score (nSPS) is 11.4. The number of amides is 1. The Balaban J connectivity index is 2.33. The fraction of sp³-hybridized carbons (Fsp3) is 0.273. The molecule has 0 saturated heterocycles. The van der Waals surface area contributed by atoms with Gasteiger partial charge in [0.05, 0.1) is 6.10 Å². The number of Topliss-reactive ketones (excluding diaryl/α,β-unsaturated/α-hetero) is 1. The van der Waals surface area contributed by atoms with E-state index in [2.05, 4.69) is 0 Å². The second-order valence-electron chi connectivity index (χ2n) is 6.70. The van der Waals surface area contributed by atoms with E-state index in [4.69, 9.17) is 4.74 Å². The van der Waals surface area contributed by atoms with Gasteiger partial charge in [-0.25, -0.2) is 0 Å². The van der Waals surface area contributed by atoms with Gasteiger partial charge in [-0.1, -0.05) is 42.0 Å². The van der Waals surface area contributed by atoms with E-state index >= 15 is 0 Å². The van der Waals surface area contributed by atoms with Gasteiger partial charge in [-0.2, -0.15) is 0 Å². The van der Waals surface area contributed by atoms with Crippen LogP contribution in [0.25, 0.3) is 6.08 Å². The molecule has 4 nitrogen and oxygen atoms in total. The number of rotatable bonds is 6. The Bertz CT molecular complexity index is 818. The molecule has 0 heterocycles. The Hall–Kier alpha value is -2.88. The number of benzene rings is 2. The number of aryl methyl sites for hydroxylation is 1. The smallest absolute Gasteiger partial charge is 0.253 e. The molecule has 0 aliphatic heterocycles. The monoisotopic (exact) mass is 351 g/mol. The van der Waals surface area contributed by atoms with Crippen LogP contribution in [-0.2, 0) is 4.74 Å². The topological polar surface area (TPSA) is 46.6 Å². The van der Waals surface area contributed by atoms with Crippen LogP contribution in [0, 0.1) is 6.92 Å². The summed E-state index contributed by atoms with van der Waals surface area (Å²) in [6, 6.07) is 14.5. The lowest BCUT2D eigenvalue weighted by Crippen LogP contribution is -2.21. The van der Waals surface area contributed by atoms with Crippen molar-refractivity contribution in [3.63, 3.8) is 0 Å². The molecule has 0 spiro atoms. The lowest BCUT2D eigenvalue weighted by molar-refractivity contribution is 0.0824. The molecule has 136 valence electrons. The SMILES string of the molecule is Cc1cccc(C=C(OC(C)C)C(=O)c2ccc(C(=O)N(C)C)cc2)c1. The first kappa shape index (κ1) is 19.4. The van der Waals surface area contributed by atoms with Crippen molar-refractivity contribution in [1.82, 2.24) is 4.90 Å². The molecule has 0 aliphatic carbocycles. The zero-order valence-corrected chi connectivity index (χ0v) is 15.9. The van der Waals surface area contributed by atoms with Crippen molar-refractivity contribution in [2.45, 2.75) is 26.9 Å². The van der Waals surface area contributed by atoms with E-state index in [-0.39, 0.29) is 23.6 Å².